The lowest BCUT2D eigenvalue weighted by atomic mass is 10.1. The molecule has 216 valence electrons. The highest BCUT2D eigenvalue weighted by Crippen LogP contribution is 2.40. The van der Waals surface area contributed by atoms with Crippen LogP contribution in [-0.2, 0) is 6.61 Å². The first-order chi connectivity index (χ1) is 20.5. The van der Waals surface area contributed by atoms with Crippen LogP contribution in [0.3, 0.4) is 0 Å². The number of benzene rings is 4. The molecule has 0 saturated carbocycles. The van der Waals surface area contributed by atoms with E-state index < -0.39 is 5.25 Å². The molecule has 0 radical (unpaired) electrons. The zero-order valence-corrected chi connectivity index (χ0v) is 24.5. The average molecular weight is 585 g/mol. The predicted octanol–water partition coefficient (Wildman–Crippen LogP) is 7.22. The molecule has 42 heavy (non-hydrogen) atoms. The number of hydrogen-bond donors (Lipinski definition) is 0. The minimum atomic E-state index is -0.545. The number of rotatable bonds is 13. The van der Waals surface area contributed by atoms with Crippen molar-refractivity contribution in [1.82, 2.24) is 14.8 Å². The number of aromatic nitrogens is 3. The number of nitrogens with zero attached hydrogens (tertiary/aromatic N) is 4. The van der Waals surface area contributed by atoms with Crippen molar-refractivity contribution in [3.63, 3.8) is 0 Å². The van der Waals surface area contributed by atoms with Crippen LogP contribution in [0.5, 0.6) is 17.2 Å². The lowest BCUT2D eigenvalue weighted by molar-refractivity contribution is -0.479. The number of ether oxygens (including phenoxy) is 3. The minimum absolute atomic E-state index is 0.304. The van der Waals surface area contributed by atoms with Crippen molar-refractivity contribution in [2.45, 2.75) is 37.8 Å². The molecular formula is C32H32N4O5S. The van der Waals surface area contributed by atoms with Crippen LogP contribution in [0.1, 0.15) is 36.0 Å². The molecule has 5 aromatic rings. The van der Waals surface area contributed by atoms with Gasteiger partial charge in [-0.05, 0) is 79.1 Å². The summed E-state index contributed by atoms with van der Waals surface area (Å²) in [4.78, 5) is 11.4. The quantitative estimate of drug-likeness (QED) is 0.0812. The van der Waals surface area contributed by atoms with E-state index in [-0.39, 0.29) is 11.5 Å². The normalized spacial score (nSPS) is 11.8. The fraction of sp³-hybridized carbons (Fsp3) is 0.250. The van der Waals surface area contributed by atoms with Crippen LogP contribution in [-0.4, -0.2) is 39.4 Å². The van der Waals surface area contributed by atoms with Crippen molar-refractivity contribution in [2.75, 3.05) is 19.8 Å². The molecule has 0 saturated heterocycles. The molecule has 1 heterocycles. The van der Waals surface area contributed by atoms with E-state index in [9.17, 15) is 10.1 Å². The van der Waals surface area contributed by atoms with E-state index >= 15 is 0 Å². The first-order valence-corrected chi connectivity index (χ1v) is 14.6. The number of fused-ring (bicyclic) bond motifs is 1. The summed E-state index contributed by atoms with van der Waals surface area (Å²) in [7, 11) is 0. The van der Waals surface area contributed by atoms with Gasteiger partial charge in [-0.3, -0.25) is 14.7 Å². The van der Waals surface area contributed by atoms with Crippen LogP contribution in [0.2, 0.25) is 0 Å². The number of hydrogen-bond acceptors (Lipinski definition) is 8. The topological polar surface area (TPSA) is 102 Å². The molecule has 0 unspecified atom stereocenters. The highest BCUT2D eigenvalue weighted by atomic mass is 32.2. The lowest BCUT2D eigenvalue weighted by Crippen LogP contribution is -2.12. The molecule has 0 aliphatic rings. The number of nitro groups is 1. The molecule has 0 fully saturated rings. The van der Waals surface area contributed by atoms with Gasteiger partial charge in [0.1, 0.15) is 23.4 Å². The highest BCUT2D eigenvalue weighted by molar-refractivity contribution is 7.99. The van der Waals surface area contributed by atoms with Crippen LogP contribution >= 0.6 is 11.8 Å². The van der Waals surface area contributed by atoms with Crippen LogP contribution < -0.4 is 14.2 Å². The Hall–Kier alpha value is -4.57. The van der Waals surface area contributed by atoms with E-state index in [1.807, 2.05) is 92.1 Å². The molecule has 9 nitrogen and oxygen atoms in total. The summed E-state index contributed by atoms with van der Waals surface area (Å²) in [6.07, 6.45) is 0. The van der Waals surface area contributed by atoms with Gasteiger partial charge in [0, 0.05) is 10.6 Å². The third-order valence-corrected chi connectivity index (χ3v) is 7.85. The lowest BCUT2D eigenvalue weighted by Gasteiger charge is -2.18. The van der Waals surface area contributed by atoms with Crippen LogP contribution in [0.4, 0.5) is 0 Å². The van der Waals surface area contributed by atoms with Gasteiger partial charge in [0.25, 0.3) is 0 Å². The van der Waals surface area contributed by atoms with E-state index in [1.54, 1.807) is 0 Å². The molecule has 10 heteroatoms. The van der Waals surface area contributed by atoms with Gasteiger partial charge in [-0.15, -0.1) is 10.2 Å². The molecule has 0 amide bonds. The molecule has 4 aromatic carbocycles. The van der Waals surface area contributed by atoms with Crippen molar-refractivity contribution in [3.8, 4) is 22.9 Å². The Kier molecular flexibility index (Phi) is 9.23. The second-order valence-electron chi connectivity index (χ2n) is 9.48. The fourth-order valence-corrected chi connectivity index (χ4v) is 5.90. The molecule has 0 bridgehead atoms. The first kappa shape index (κ1) is 28.9. The van der Waals surface area contributed by atoms with Gasteiger partial charge < -0.3 is 14.2 Å². The molecule has 0 spiro atoms. The van der Waals surface area contributed by atoms with Gasteiger partial charge in [-0.1, -0.05) is 60.3 Å². The molecule has 0 aliphatic heterocycles. The molecule has 1 aromatic heterocycles. The van der Waals surface area contributed by atoms with Crippen LogP contribution in [0, 0.1) is 17.0 Å². The van der Waals surface area contributed by atoms with Crippen LogP contribution in [0.25, 0.3) is 16.5 Å². The largest absolute Gasteiger partial charge is 0.494 e. The Bertz CT molecular complexity index is 1670. The van der Waals surface area contributed by atoms with Crippen molar-refractivity contribution in [2.24, 2.45) is 0 Å². The van der Waals surface area contributed by atoms with Gasteiger partial charge in [-0.2, -0.15) is 0 Å². The maximum atomic E-state index is 11.8. The summed E-state index contributed by atoms with van der Waals surface area (Å²) < 4.78 is 19.6. The second-order valence-corrected chi connectivity index (χ2v) is 10.6. The SMILES string of the molecule is CCOc1ccc(-n2c(C)nnc2S[C@H](C[N+](=O)[O-])c2ccc(OCc3cccc4ccccc34)c(OCC)c2)cc1. The fourth-order valence-electron chi connectivity index (χ4n) is 4.73. The molecule has 0 N–H and O–H groups in total. The summed E-state index contributed by atoms with van der Waals surface area (Å²) in [5.74, 6) is 2.55. The summed E-state index contributed by atoms with van der Waals surface area (Å²) in [6.45, 7) is 6.73. The molecule has 5 rings (SSSR count). The van der Waals surface area contributed by atoms with Gasteiger partial charge in [0.2, 0.25) is 6.54 Å². The van der Waals surface area contributed by atoms with E-state index in [4.69, 9.17) is 14.2 Å². The Morgan fingerprint density at radius 2 is 1.64 bits per heavy atom. The average Bonchev–Trinajstić information content (AvgIpc) is 3.36. The van der Waals surface area contributed by atoms with E-state index in [0.29, 0.717) is 42.3 Å². The Labute approximate surface area is 248 Å². The van der Waals surface area contributed by atoms with E-state index in [0.717, 1.165) is 33.3 Å². The van der Waals surface area contributed by atoms with Crippen molar-refractivity contribution >= 4 is 22.5 Å². The van der Waals surface area contributed by atoms with Crippen molar-refractivity contribution in [1.29, 1.82) is 0 Å². The van der Waals surface area contributed by atoms with E-state index in [1.165, 1.54) is 11.8 Å². The summed E-state index contributed by atoms with van der Waals surface area (Å²) >= 11 is 1.29. The monoisotopic (exact) mass is 584 g/mol. The summed E-state index contributed by atoms with van der Waals surface area (Å²) in [5, 5.41) is 22.7. The number of aryl methyl sites for hydroxylation is 1. The first-order valence-electron chi connectivity index (χ1n) is 13.8. The smallest absolute Gasteiger partial charge is 0.220 e. The minimum Gasteiger partial charge on any atom is -0.494 e. The maximum Gasteiger partial charge on any atom is 0.220 e. The van der Waals surface area contributed by atoms with Gasteiger partial charge in [0.15, 0.2) is 16.7 Å². The highest BCUT2D eigenvalue weighted by Gasteiger charge is 2.25. The maximum absolute atomic E-state index is 11.8. The zero-order chi connectivity index (χ0) is 29.5. The standard InChI is InChI=1S/C32H32N4O5S/c1-4-39-27-16-14-26(15-17-27)36-22(3)33-34-32(36)42-31(20-35(37)38)24-13-18-29(30(19-24)40-5-2)41-21-25-11-8-10-23-9-6-7-12-28(23)25/h6-19,31H,4-5,20-21H2,1-3H3/t31-/m1/s1. The van der Waals surface area contributed by atoms with Gasteiger partial charge >= 0.3 is 0 Å². The summed E-state index contributed by atoms with van der Waals surface area (Å²) in [5.41, 5.74) is 2.64. The third kappa shape index (κ3) is 6.66. The summed E-state index contributed by atoms with van der Waals surface area (Å²) in [6, 6.07) is 27.4. The molecule has 1 atom stereocenters. The zero-order valence-electron chi connectivity index (χ0n) is 23.7. The number of thioether (sulfide) groups is 1. The third-order valence-electron chi connectivity index (χ3n) is 6.67. The van der Waals surface area contributed by atoms with E-state index in [2.05, 4.69) is 28.4 Å². The van der Waals surface area contributed by atoms with Crippen LogP contribution in [0.15, 0.2) is 90.1 Å². The van der Waals surface area contributed by atoms with Gasteiger partial charge in [0.05, 0.1) is 13.2 Å². The van der Waals surface area contributed by atoms with Crippen molar-refractivity contribution < 1.29 is 19.1 Å². The van der Waals surface area contributed by atoms with Gasteiger partial charge in [-0.25, -0.2) is 0 Å². The second kappa shape index (κ2) is 13.4. The predicted molar refractivity (Wildman–Crippen MR) is 164 cm³/mol. The molecule has 0 aliphatic carbocycles. The molecular weight excluding hydrogens is 552 g/mol. The Morgan fingerprint density at radius 3 is 2.40 bits per heavy atom. The van der Waals surface area contributed by atoms with Crippen molar-refractivity contribution in [3.05, 3.63) is 112 Å². The Morgan fingerprint density at radius 1 is 0.881 bits per heavy atom. The Balaban J connectivity index is 1.41.